The summed E-state index contributed by atoms with van der Waals surface area (Å²) in [7, 11) is 1.66. The zero-order chi connectivity index (χ0) is 13.8. The number of aromatic nitrogens is 2. The van der Waals surface area contributed by atoms with Crippen LogP contribution in [-0.4, -0.2) is 17.1 Å². The van der Waals surface area contributed by atoms with Gasteiger partial charge in [-0.3, -0.25) is 0 Å². The lowest BCUT2D eigenvalue weighted by Crippen LogP contribution is -1.98. The number of ether oxygens (including phenoxy) is 1. The van der Waals surface area contributed by atoms with Gasteiger partial charge in [0.25, 0.3) is 0 Å². The van der Waals surface area contributed by atoms with Crippen molar-refractivity contribution in [1.29, 1.82) is 0 Å². The van der Waals surface area contributed by atoms with E-state index in [-0.39, 0.29) is 0 Å². The van der Waals surface area contributed by atoms with E-state index in [1.807, 2.05) is 6.07 Å². The van der Waals surface area contributed by atoms with Crippen LogP contribution in [0.15, 0.2) is 30.3 Å². The highest BCUT2D eigenvalue weighted by Crippen LogP contribution is 2.20. The normalized spacial score (nSPS) is 10.9. The van der Waals surface area contributed by atoms with E-state index in [9.17, 15) is 0 Å². The molecule has 0 aliphatic rings. The molecule has 2 aromatic rings. The van der Waals surface area contributed by atoms with Crippen LogP contribution in [0.25, 0.3) is 11.4 Å². The number of aromatic amines is 1. The predicted octanol–water partition coefficient (Wildman–Crippen LogP) is 4.08. The number of rotatable bonds is 4. The fraction of sp³-hybridized carbons (Fsp3) is 0.333. The number of methoxy groups -OCH3 is 1. The van der Waals surface area contributed by atoms with Gasteiger partial charge in [0.05, 0.1) is 6.61 Å². The van der Waals surface area contributed by atoms with Gasteiger partial charge in [-0.25, -0.2) is 4.98 Å². The van der Waals surface area contributed by atoms with E-state index in [4.69, 9.17) is 17.0 Å². The number of benzene rings is 1. The van der Waals surface area contributed by atoms with Crippen LogP contribution in [-0.2, 0) is 11.3 Å². The first-order valence-electron chi connectivity index (χ1n) is 6.29. The summed E-state index contributed by atoms with van der Waals surface area (Å²) in [6.45, 7) is 4.86. The average molecular weight is 274 g/mol. The van der Waals surface area contributed by atoms with Crippen LogP contribution >= 0.6 is 12.2 Å². The molecule has 0 amide bonds. The van der Waals surface area contributed by atoms with Crippen molar-refractivity contribution in [1.82, 2.24) is 9.97 Å². The highest BCUT2D eigenvalue weighted by atomic mass is 32.1. The Hall–Kier alpha value is -1.52. The van der Waals surface area contributed by atoms with Crippen LogP contribution < -0.4 is 0 Å². The van der Waals surface area contributed by atoms with E-state index >= 15 is 0 Å². The van der Waals surface area contributed by atoms with Crippen LogP contribution in [0, 0.1) is 4.64 Å². The monoisotopic (exact) mass is 274 g/mol. The average Bonchev–Trinajstić information content (AvgIpc) is 2.38. The predicted molar refractivity (Wildman–Crippen MR) is 79.7 cm³/mol. The summed E-state index contributed by atoms with van der Waals surface area (Å²) in [6, 6.07) is 10.2. The number of H-pyrrole nitrogens is 1. The van der Waals surface area contributed by atoms with Gasteiger partial charge in [-0.05, 0) is 17.5 Å². The third-order valence-electron chi connectivity index (χ3n) is 2.95. The molecular formula is C15H18N2OS. The van der Waals surface area contributed by atoms with Crippen molar-refractivity contribution in [3.63, 3.8) is 0 Å². The van der Waals surface area contributed by atoms with Gasteiger partial charge in [0.2, 0.25) is 0 Å². The molecule has 1 aromatic heterocycles. The first kappa shape index (κ1) is 13.9. The molecule has 19 heavy (non-hydrogen) atoms. The van der Waals surface area contributed by atoms with Crippen molar-refractivity contribution >= 4 is 12.2 Å². The van der Waals surface area contributed by atoms with Gasteiger partial charge in [0.15, 0.2) is 0 Å². The van der Waals surface area contributed by atoms with E-state index in [0.717, 1.165) is 17.1 Å². The Bertz CT molecular complexity index is 602. The van der Waals surface area contributed by atoms with Crippen LogP contribution in [0.1, 0.15) is 31.0 Å². The summed E-state index contributed by atoms with van der Waals surface area (Å²) in [5, 5.41) is 0. The van der Waals surface area contributed by atoms with Crippen LogP contribution in [0.2, 0.25) is 0 Å². The fourth-order valence-corrected chi connectivity index (χ4v) is 2.14. The van der Waals surface area contributed by atoms with Gasteiger partial charge in [-0.1, -0.05) is 50.3 Å². The Morgan fingerprint density at radius 2 is 1.95 bits per heavy atom. The third kappa shape index (κ3) is 3.49. The lowest BCUT2D eigenvalue weighted by Gasteiger charge is -2.08. The van der Waals surface area contributed by atoms with E-state index in [1.165, 1.54) is 5.56 Å². The Labute approximate surface area is 118 Å². The second-order valence-electron chi connectivity index (χ2n) is 4.80. The molecule has 0 atom stereocenters. The van der Waals surface area contributed by atoms with Crippen LogP contribution in [0.3, 0.4) is 0 Å². The SMILES string of the molecule is COCc1cc(=S)nc(-c2ccc(C(C)C)cc2)[nH]1. The van der Waals surface area contributed by atoms with Gasteiger partial charge >= 0.3 is 0 Å². The summed E-state index contributed by atoms with van der Waals surface area (Å²) < 4.78 is 5.70. The molecule has 100 valence electrons. The molecular weight excluding hydrogens is 256 g/mol. The van der Waals surface area contributed by atoms with E-state index in [2.05, 4.69) is 48.1 Å². The van der Waals surface area contributed by atoms with Crippen LogP contribution in [0.4, 0.5) is 0 Å². The van der Waals surface area contributed by atoms with Crippen molar-refractivity contribution in [3.05, 3.63) is 46.2 Å². The molecule has 0 spiro atoms. The molecule has 0 aliphatic heterocycles. The number of nitrogens with one attached hydrogen (secondary N) is 1. The molecule has 1 heterocycles. The highest BCUT2D eigenvalue weighted by Gasteiger charge is 2.04. The van der Waals surface area contributed by atoms with Crippen molar-refractivity contribution < 1.29 is 4.74 Å². The molecule has 0 fully saturated rings. The smallest absolute Gasteiger partial charge is 0.139 e. The Morgan fingerprint density at radius 3 is 2.53 bits per heavy atom. The maximum Gasteiger partial charge on any atom is 0.139 e. The quantitative estimate of drug-likeness (QED) is 0.854. The summed E-state index contributed by atoms with van der Waals surface area (Å²) in [4.78, 5) is 7.61. The van der Waals surface area contributed by atoms with Gasteiger partial charge in [0, 0.05) is 18.4 Å². The zero-order valence-electron chi connectivity index (χ0n) is 11.4. The summed E-state index contributed by atoms with van der Waals surface area (Å²) in [6.07, 6.45) is 0. The van der Waals surface area contributed by atoms with Crippen molar-refractivity contribution in [2.45, 2.75) is 26.4 Å². The van der Waals surface area contributed by atoms with Crippen LogP contribution in [0.5, 0.6) is 0 Å². The largest absolute Gasteiger partial charge is 0.378 e. The Morgan fingerprint density at radius 1 is 1.26 bits per heavy atom. The molecule has 0 bridgehead atoms. The standard InChI is InChI=1S/C15H18N2OS/c1-10(2)11-4-6-12(7-5-11)15-16-13(9-18-3)8-14(19)17-15/h4-8,10H,9H2,1-3H3,(H,16,17,19). The lowest BCUT2D eigenvalue weighted by atomic mass is 10.0. The first-order valence-corrected chi connectivity index (χ1v) is 6.70. The molecule has 1 aromatic carbocycles. The summed E-state index contributed by atoms with van der Waals surface area (Å²) in [5.41, 5.74) is 3.29. The highest BCUT2D eigenvalue weighted by molar-refractivity contribution is 7.71. The molecule has 0 unspecified atom stereocenters. The van der Waals surface area contributed by atoms with Crippen molar-refractivity contribution in [3.8, 4) is 11.4 Å². The number of nitrogens with zero attached hydrogens (tertiary/aromatic N) is 1. The number of hydrogen-bond acceptors (Lipinski definition) is 3. The zero-order valence-corrected chi connectivity index (χ0v) is 12.3. The minimum absolute atomic E-state index is 0.503. The Balaban J connectivity index is 2.38. The minimum Gasteiger partial charge on any atom is -0.378 e. The maximum atomic E-state index is 5.18. The van der Waals surface area contributed by atoms with Crippen molar-refractivity contribution in [2.24, 2.45) is 0 Å². The van der Waals surface area contributed by atoms with E-state index < -0.39 is 0 Å². The van der Waals surface area contributed by atoms with Gasteiger partial charge in [0.1, 0.15) is 10.5 Å². The third-order valence-corrected chi connectivity index (χ3v) is 3.16. The topological polar surface area (TPSA) is 37.9 Å². The first-order chi connectivity index (χ1) is 9.10. The van der Waals surface area contributed by atoms with Crippen molar-refractivity contribution in [2.75, 3.05) is 7.11 Å². The second-order valence-corrected chi connectivity index (χ2v) is 5.22. The molecule has 0 saturated carbocycles. The summed E-state index contributed by atoms with van der Waals surface area (Å²) in [5.74, 6) is 1.31. The molecule has 2 rings (SSSR count). The maximum absolute atomic E-state index is 5.18. The minimum atomic E-state index is 0.503. The fourth-order valence-electron chi connectivity index (χ4n) is 1.90. The molecule has 1 N–H and O–H groups in total. The van der Waals surface area contributed by atoms with Gasteiger partial charge in [-0.2, -0.15) is 0 Å². The molecule has 0 radical (unpaired) electrons. The van der Waals surface area contributed by atoms with E-state index in [0.29, 0.717) is 17.2 Å². The lowest BCUT2D eigenvalue weighted by molar-refractivity contribution is 0.181. The summed E-state index contributed by atoms with van der Waals surface area (Å²) >= 11 is 5.18. The number of hydrogen-bond donors (Lipinski definition) is 1. The molecule has 0 saturated heterocycles. The Kier molecular flexibility index (Phi) is 4.45. The second kappa shape index (κ2) is 6.08. The van der Waals surface area contributed by atoms with E-state index in [1.54, 1.807) is 7.11 Å². The van der Waals surface area contributed by atoms with Gasteiger partial charge < -0.3 is 9.72 Å². The van der Waals surface area contributed by atoms with Gasteiger partial charge in [-0.15, -0.1) is 0 Å². The molecule has 4 heteroatoms. The molecule has 3 nitrogen and oxygen atoms in total. The molecule has 0 aliphatic carbocycles.